The van der Waals surface area contributed by atoms with Crippen molar-refractivity contribution in [3.05, 3.63) is 29.3 Å². The molecule has 31 heavy (non-hydrogen) atoms. The van der Waals surface area contributed by atoms with Crippen LogP contribution in [0.5, 0.6) is 5.75 Å². The van der Waals surface area contributed by atoms with Crippen LogP contribution in [0.25, 0.3) is 0 Å². The Morgan fingerprint density at radius 1 is 1.10 bits per heavy atom. The zero-order valence-electron chi connectivity index (χ0n) is 19.4. The third-order valence-corrected chi connectivity index (χ3v) is 7.02. The minimum atomic E-state index is -0.224. The molecule has 0 bridgehead atoms. The summed E-state index contributed by atoms with van der Waals surface area (Å²) in [7, 11) is 0. The molecule has 2 fully saturated rings. The number of phenols is 1. The number of piperidine rings is 1. The van der Waals surface area contributed by atoms with Gasteiger partial charge in [-0.05, 0) is 74.0 Å². The van der Waals surface area contributed by atoms with Gasteiger partial charge < -0.3 is 20.1 Å². The summed E-state index contributed by atoms with van der Waals surface area (Å²) in [5, 5.41) is 12.6. The lowest BCUT2D eigenvalue weighted by atomic mass is 9.72. The van der Waals surface area contributed by atoms with Crippen molar-refractivity contribution in [3.63, 3.8) is 0 Å². The van der Waals surface area contributed by atoms with Crippen LogP contribution in [0.4, 0.5) is 4.79 Å². The largest absolute Gasteiger partial charge is 0.508 e. The number of carbonyl (C=O) groups is 2. The fourth-order valence-electron chi connectivity index (χ4n) is 4.75. The minimum absolute atomic E-state index is 0.0271. The summed E-state index contributed by atoms with van der Waals surface area (Å²) in [6.45, 7) is 10.3. The van der Waals surface area contributed by atoms with Gasteiger partial charge in [-0.25, -0.2) is 4.79 Å². The average molecular weight is 431 g/mol. The van der Waals surface area contributed by atoms with Crippen LogP contribution in [0.1, 0.15) is 70.4 Å². The quantitative estimate of drug-likeness (QED) is 0.721. The third kappa shape index (κ3) is 6.37. The lowest BCUT2D eigenvalue weighted by Gasteiger charge is -2.37. The molecule has 3 rings (SSSR count). The number of aryl methyl sites for hydroxylation is 1. The van der Waals surface area contributed by atoms with E-state index in [0.29, 0.717) is 43.8 Å². The van der Waals surface area contributed by atoms with Crippen LogP contribution in [0.3, 0.4) is 0 Å². The van der Waals surface area contributed by atoms with Crippen LogP contribution in [0.15, 0.2) is 18.2 Å². The van der Waals surface area contributed by atoms with Crippen LogP contribution < -0.4 is 5.32 Å². The number of hydrogen-bond donors (Lipinski definition) is 2. The highest BCUT2D eigenvalue weighted by Gasteiger charge is 2.33. The summed E-state index contributed by atoms with van der Waals surface area (Å²) < 4.78 is 5.78. The van der Waals surface area contributed by atoms with E-state index in [1.165, 1.54) is 0 Å². The van der Waals surface area contributed by atoms with E-state index >= 15 is 0 Å². The predicted octanol–water partition coefficient (Wildman–Crippen LogP) is 4.77. The first-order valence-electron chi connectivity index (χ1n) is 11.6. The number of benzene rings is 1. The number of hydrogen-bond acceptors (Lipinski definition) is 4. The highest BCUT2D eigenvalue weighted by molar-refractivity contribution is 5.79. The van der Waals surface area contributed by atoms with Gasteiger partial charge in [-0.2, -0.15) is 0 Å². The highest BCUT2D eigenvalue weighted by atomic mass is 16.6. The Labute approximate surface area is 186 Å². The Bertz CT molecular complexity index is 770. The second-order valence-electron chi connectivity index (χ2n) is 10.3. The molecular weight excluding hydrogens is 392 g/mol. The minimum Gasteiger partial charge on any atom is -0.508 e. The fraction of sp³-hybridized carbons (Fsp3) is 0.680. The summed E-state index contributed by atoms with van der Waals surface area (Å²) in [5.74, 6) is 0.905. The zero-order valence-corrected chi connectivity index (χ0v) is 19.4. The molecule has 2 amide bonds. The normalized spacial score (nSPS) is 22.8. The molecule has 0 spiro atoms. The van der Waals surface area contributed by atoms with E-state index in [4.69, 9.17) is 4.74 Å². The molecule has 1 saturated heterocycles. The number of ether oxygens (including phenoxy) is 1. The lowest BCUT2D eigenvalue weighted by Crippen LogP contribution is -2.44. The van der Waals surface area contributed by atoms with Crippen molar-refractivity contribution < 1.29 is 19.4 Å². The second-order valence-corrected chi connectivity index (χ2v) is 10.3. The molecule has 0 radical (unpaired) electrons. The SMILES string of the molecule is Cc1cc(CNC(=O)C2CCN(C(=O)OC3CCC(C(C)(C)C)CC3)CC2)ccc1O. The van der Waals surface area contributed by atoms with Crippen molar-refractivity contribution in [2.24, 2.45) is 17.3 Å². The van der Waals surface area contributed by atoms with Crippen molar-refractivity contribution in [1.82, 2.24) is 10.2 Å². The van der Waals surface area contributed by atoms with Crippen LogP contribution in [-0.4, -0.2) is 41.2 Å². The fourth-order valence-corrected chi connectivity index (χ4v) is 4.75. The maximum absolute atomic E-state index is 12.6. The number of likely N-dealkylation sites (tertiary alicyclic amines) is 1. The molecule has 0 unspecified atom stereocenters. The summed E-state index contributed by atoms with van der Waals surface area (Å²) in [4.78, 5) is 26.9. The molecule has 1 aliphatic heterocycles. The van der Waals surface area contributed by atoms with E-state index < -0.39 is 0 Å². The van der Waals surface area contributed by atoms with Crippen LogP contribution >= 0.6 is 0 Å². The van der Waals surface area contributed by atoms with E-state index in [9.17, 15) is 14.7 Å². The second kappa shape index (κ2) is 9.92. The van der Waals surface area contributed by atoms with Gasteiger partial charge in [0.25, 0.3) is 0 Å². The molecule has 2 N–H and O–H groups in total. The maximum Gasteiger partial charge on any atom is 0.410 e. The van der Waals surface area contributed by atoms with E-state index in [2.05, 4.69) is 26.1 Å². The van der Waals surface area contributed by atoms with Gasteiger partial charge in [-0.1, -0.05) is 32.9 Å². The number of carbonyl (C=O) groups excluding carboxylic acids is 2. The third-order valence-electron chi connectivity index (χ3n) is 7.02. The monoisotopic (exact) mass is 430 g/mol. The first kappa shape index (κ1) is 23.4. The van der Waals surface area contributed by atoms with Gasteiger partial charge in [0, 0.05) is 25.6 Å². The van der Waals surface area contributed by atoms with Crippen molar-refractivity contribution in [3.8, 4) is 5.75 Å². The highest BCUT2D eigenvalue weighted by Crippen LogP contribution is 2.38. The van der Waals surface area contributed by atoms with E-state index in [0.717, 1.165) is 36.8 Å². The molecular formula is C25H38N2O4. The van der Waals surface area contributed by atoms with E-state index in [1.54, 1.807) is 11.0 Å². The smallest absolute Gasteiger partial charge is 0.410 e. The molecule has 1 aromatic rings. The number of nitrogens with one attached hydrogen (secondary N) is 1. The summed E-state index contributed by atoms with van der Waals surface area (Å²) in [6, 6.07) is 5.34. The van der Waals surface area contributed by atoms with Crippen molar-refractivity contribution >= 4 is 12.0 Å². The summed E-state index contributed by atoms with van der Waals surface area (Å²) >= 11 is 0. The maximum atomic E-state index is 12.6. The zero-order chi connectivity index (χ0) is 22.6. The number of aromatic hydroxyl groups is 1. The van der Waals surface area contributed by atoms with Gasteiger partial charge in [0.2, 0.25) is 5.91 Å². The topological polar surface area (TPSA) is 78.9 Å². The lowest BCUT2D eigenvalue weighted by molar-refractivity contribution is -0.126. The molecule has 172 valence electrons. The first-order valence-corrected chi connectivity index (χ1v) is 11.6. The number of amides is 2. The van der Waals surface area contributed by atoms with Crippen LogP contribution in [-0.2, 0) is 16.1 Å². The predicted molar refractivity (Wildman–Crippen MR) is 121 cm³/mol. The molecule has 1 saturated carbocycles. The Morgan fingerprint density at radius 3 is 2.32 bits per heavy atom. The molecule has 1 heterocycles. The molecule has 6 nitrogen and oxygen atoms in total. The Hall–Kier alpha value is -2.24. The number of rotatable bonds is 4. The molecule has 0 aromatic heterocycles. The van der Waals surface area contributed by atoms with Gasteiger partial charge >= 0.3 is 6.09 Å². The summed E-state index contributed by atoms with van der Waals surface area (Å²) in [6.07, 6.45) is 5.25. The van der Waals surface area contributed by atoms with Crippen molar-refractivity contribution in [2.75, 3.05) is 13.1 Å². The Balaban J connectivity index is 1.38. The molecule has 1 aromatic carbocycles. The van der Waals surface area contributed by atoms with E-state index in [-0.39, 0.29) is 29.8 Å². The average Bonchev–Trinajstić information content (AvgIpc) is 2.74. The van der Waals surface area contributed by atoms with Crippen LogP contribution in [0, 0.1) is 24.2 Å². The number of phenolic OH excluding ortho intramolecular Hbond substituents is 1. The van der Waals surface area contributed by atoms with Crippen molar-refractivity contribution in [2.45, 2.75) is 78.9 Å². The molecule has 1 aliphatic carbocycles. The van der Waals surface area contributed by atoms with Gasteiger partial charge in [-0.15, -0.1) is 0 Å². The first-order chi connectivity index (χ1) is 14.6. The van der Waals surface area contributed by atoms with Gasteiger partial charge in [-0.3, -0.25) is 4.79 Å². The Kier molecular flexibility index (Phi) is 7.50. The van der Waals surface area contributed by atoms with Gasteiger partial charge in [0.05, 0.1) is 0 Å². The van der Waals surface area contributed by atoms with Crippen molar-refractivity contribution in [1.29, 1.82) is 0 Å². The van der Waals surface area contributed by atoms with Gasteiger partial charge in [0.15, 0.2) is 0 Å². The Morgan fingerprint density at radius 2 is 1.74 bits per heavy atom. The van der Waals surface area contributed by atoms with Gasteiger partial charge in [0.1, 0.15) is 11.9 Å². The van der Waals surface area contributed by atoms with E-state index in [1.807, 2.05) is 19.1 Å². The number of nitrogens with zero attached hydrogens (tertiary/aromatic N) is 1. The van der Waals surface area contributed by atoms with Crippen LogP contribution in [0.2, 0.25) is 0 Å². The molecule has 2 aliphatic rings. The standard InChI is InChI=1S/C25H38N2O4/c1-17-15-18(5-10-22(17)28)16-26-23(29)19-11-13-27(14-12-19)24(30)31-21-8-6-20(7-9-21)25(2,3)4/h5,10,15,19-21,28H,6-9,11-14,16H2,1-4H3,(H,26,29). The summed E-state index contributed by atoms with van der Waals surface area (Å²) in [5.41, 5.74) is 2.08. The molecule has 6 heteroatoms. The molecule has 0 atom stereocenters.